The van der Waals surface area contributed by atoms with E-state index >= 15 is 0 Å². The molecule has 0 radical (unpaired) electrons. The molecule has 0 aliphatic carbocycles. The molecule has 3 aromatic rings. The smallest absolute Gasteiger partial charge is 0.231 e. The molecule has 33 heavy (non-hydrogen) atoms. The minimum absolute atomic E-state index is 0.201. The van der Waals surface area contributed by atoms with E-state index in [1.807, 2.05) is 6.07 Å². The molecule has 6 rings (SSSR count). The molecule has 3 aromatic carbocycles. The van der Waals surface area contributed by atoms with Crippen LogP contribution < -0.4 is 30.0 Å². The summed E-state index contributed by atoms with van der Waals surface area (Å²) in [7, 11) is 1.71. The number of benzene rings is 3. The summed E-state index contributed by atoms with van der Waals surface area (Å²) in [6.07, 6.45) is 1.05. The van der Waals surface area contributed by atoms with Crippen molar-refractivity contribution in [2.45, 2.75) is 32.0 Å². The molecule has 2 N–H and O–H groups in total. The Balaban J connectivity index is 1.37. The third-order valence-corrected chi connectivity index (χ3v) is 7.13. The number of rotatable bonds is 5. The maximum atomic E-state index is 5.73. The molecule has 3 aliphatic heterocycles. The van der Waals surface area contributed by atoms with Gasteiger partial charge in [-0.2, -0.15) is 0 Å². The first kappa shape index (κ1) is 20.4. The Hall–Kier alpha value is -3.22. The van der Waals surface area contributed by atoms with Crippen molar-refractivity contribution in [3.63, 3.8) is 0 Å². The quantitative estimate of drug-likeness (QED) is 0.605. The summed E-state index contributed by atoms with van der Waals surface area (Å²) in [5.74, 6) is 2.90. The summed E-state index contributed by atoms with van der Waals surface area (Å²) < 4.78 is 16.9. The van der Waals surface area contributed by atoms with Crippen LogP contribution in [-0.4, -0.2) is 20.4 Å². The molecule has 6 heteroatoms. The highest BCUT2D eigenvalue weighted by molar-refractivity contribution is 5.66. The largest absolute Gasteiger partial charge is 0.497 e. The fraction of sp³-hybridized carbons (Fsp3) is 0.333. The first-order valence-corrected chi connectivity index (χ1v) is 11.6. The summed E-state index contributed by atoms with van der Waals surface area (Å²) >= 11 is 0. The van der Waals surface area contributed by atoms with Crippen molar-refractivity contribution in [1.29, 1.82) is 0 Å². The number of hydrogen-bond acceptors (Lipinski definition) is 6. The minimum Gasteiger partial charge on any atom is -0.497 e. The average Bonchev–Trinajstić information content (AvgIpc) is 3.50. The van der Waals surface area contributed by atoms with E-state index in [2.05, 4.69) is 77.3 Å². The lowest BCUT2D eigenvalue weighted by molar-refractivity contribution is 0.174. The van der Waals surface area contributed by atoms with Crippen molar-refractivity contribution in [3.05, 3.63) is 82.9 Å². The first-order chi connectivity index (χ1) is 16.2. The second-order valence-electron chi connectivity index (χ2n) is 9.00. The average molecular weight is 444 g/mol. The van der Waals surface area contributed by atoms with Gasteiger partial charge in [0.15, 0.2) is 11.5 Å². The Bertz CT molecular complexity index is 1160. The zero-order chi connectivity index (χ0) is 22.4. The number of fused-ring (bicyclic) bond motifs is 4. The predicted molar refractivity (Wildman–Crippen MR) is 128 cm³/mol. The van der Waals surface area contributed by atoms with Gasteiger partial charge in [-0.25, -0.2) is 10.9 Å². The molecule has 0 amide bonds. The van der Waals surface area contributed by atoms with Crippen LogP contribution in [0.3, 0.4) is 0 Å². The van der Waals surface area contributed by atoms with Crippen LogP contribution in [0.15, 0.2) is 60.7 Å². The van der Waals surface area contributed by atoms with E-state index in [4.69, 9.17) is 14.2 Å². The van der Waals surface area contributed by atoms with E-state index in [9.17, 15) is 0 Å². The number of methoxy groups -OCH3 is 1. The number of nitrogens with zero attached hydrogens (tertiary/aromatic N) is 1. The van der Waals surface area contributed by atoms with Crippen LogP contribution in [0.1, 0.15) is 41.3 Å². The van der Waals surface area contributed by atoms with E-state index < -0.39 is 0 Å². The monoisotopic (exact) mass is 443 g/mol. The maximum absolute atomic E-state index is 5.73. The van der Waals surface area contributed by atoms with Gasteiger partial charge in [0.1, 0.15) is 5.75 Å². The summed E-state index contributed by atoms with van der Waals surface area (Å²) in [6.45, 7) is 4.20. The number of anilines is 1. The number of hydrogen-bond donors (Lipinski definition) is 2. The zero-order valence-electron chi connectivity index (χ0n) is 19.0. The lowest BCUT2D eigenvalue weighted by atomic mass is 9.81. The SMILES string of the molecule is CCc1ccc(C2NNC3c4cc5c(cc4N(Cc4cccc(OC)c4)CC23)OCO5)cc1. The van der Waals surface area contributed by atoms with Crippen molar-refractivity contribution in [2.24, 2.45) is 5.92 Å². The Morgan fingerprint density at radius 3 is 2.52 bits per heavy atom. The molecule has 3 unspecified atom stereocenters. The highest BCUT2D eigenvalue weighted by Gasteiger charge is 2.44. The summed E-state index contributed by atoms with van der Waals surface area (Å²) in [4.78, 5) is 2.47. The standard InChI is InChI=1S/C27H29N3O3/c1-3-17-7-9-19(10-8-17)26-22-15-30(14-18-5-4-6-20(11-18)31-2)23-13-25-24(32-16-33-25)12-21(23)27(22)29-28-26/h4-13,22,26-29H,3,14-16H2,1-2H3. The van der Waals surface area contributed by atoms with E-state index in [-0.39, 0.29) is 18.9 Å². The number of nitrogens with one attached hydrogen (secondary N) is 2. The zero-order valence-corrected chi connectivity index (χ0v) is 19.0. The second kappa shape index (κ2) is 8.28. The molecule has 6 nitrogen and oxygen atoms in total. The lowest BCUT2D eigenvalue weighted by Gasteiger charge is -2.39. The van der Waals surface area contributed by atoms with Crippen LogP contribution in [0, 0.1) is 5.92 Å². The molecule has 0 saturated carbocycles. The van der Waals surface area contributed by atoms with Gasteiger partial charge in [0.25, 0.3) is 0 Å². The van der Waals surface area contributed by atoms with Crippen molar-refractivity contribution in [3.8, 4) is 17.2 Å². The normalized spacial score (nSPS) is 22.7. The summed E-state index contributed by atoms with van der Waals surface area (Å²) in [5, 5.41) is 0. The number of aryl methyl sites for hydroxylation is 1. The van der Waals surface area contributed by atoms with Gasteiger partial charge >= 0.3 is 0 Å². The van der Waals surface area contributed by atoms with Crippen molar-refractivity contribution in [1.82, 2.24) is 10.9 Å². The molecular formula is C27H29N3O3. The Morgan fingerprint density at radius 2 is 1.73 bits per heavy atom. The highest BCUT2D eigenvalue weighted by Crippen LogP contribution is 2.49. The highest BCUT2D eigenvalue weighted by atomic mass is 16.7. The molecule has 3 atom stereocenters. The van der Waals surface area contributed by atoms with Gasteiger partial charge < -0.3 is 19.1 Å². The molecule has 1 saturated heterocycles. The topological polar surface area (TPSA) is 55.0 Å². The number of hydrazine groups is 1. The minimum atomic E-state index is 0.201. The van der Waals surface area contributed by atoms with E-state index in [0.717, 1.165) is 36.8 Å². The Labute approximate surface area is 194 Å². The molecule has 0 bridgehead atoms. The molecule has 3 heterocycles. The molecule has 1 fully saturated rings. The fourth-order valence-electron chi connectivity index (χ4n) is 5.36. The number of ether oxygens (including phenoxy) is 3. The Morgan fingerprint density at radius 1 is 0.939 bits per heavy atom. The predicted octanol–water partition coefficient (Wildman–Crippen LogP) is 4.51. The molecule has 3 aliphatic rings. The van der Waals surface area contributed by atoms with Gasteiger partial charge in [-0.1, -0.05) is 43.3 Å². The molecule has 0 aromatic heterocycles. The first-order valence-electron chi connectivity index (χ1n) is 11.6. The van der Waals surface area contributed by atoms with Crippen LogP contribution in [0.5, 0.6) is 17.2 Å². The van der Waals surface area contributed by atoms with E-state index in [0.29, 0.717) is 5.92 Å². The van der Waals surface area contributed by atoms with Gasteiger partial charge in [-0.15, -0.1) is 0 Å². The summed E-state index contributed by atoms with van der Waals surface area (Å²) in [5.41, 5.74) is 13.5. The van der Waals surface area contributed by atoms with Gasteiger partial charge in [0.2, 0.25) is 6.79 Å². The van der Waals surface area contributed by atoms with Crippen LogP contribution in [0.4, 0.5) is 5.69 Å². The fourth-order valence-corrected chi connectivity index (χ4v) is 5.36. The van der Waals surface area contributed by atoms with E-state index in [1.54, 1.807) is 7.11 Å². The van der Waals surface area contributed by atoms with Gasteiger partial charge in [0, 0.05) is 30.8 Å². The van der Waals surface area contributed by atoms with Gasteiger partial charge in [-0.3, -0.25) is 0 Å². The molecule has 170 valence electrons. The third-order valence-electron chi connectivity index (χ3n) is 7.13. The van der Waals surface area contributed by atoms with Crippen molar-refractivity contribution >= 4 is 5.69 Å². The maximum Gasteiger partial charge on any atom is 0.231 e. The van der Waals surface area contributed by atoms with Crippen molar-refractivity contribution in [2.75, 3.05) is 25.3 Å². The molecule has 0 spiro atoms. The second-order valence-corrected chi connectivity index (χ2v) is 9.00. The van der Waals surface area contributed by atoms with Crippen molar-refractivity contribution < 1.29 is 14.2 Å². The lowest BCUT2D eigenvalue weighted by Crippen LogP contribution is -2.39. The van der Waals surface area contributed by atoms with E-state index in [1.165, 1.54) is 27.9 Å². The third kappa shape index (κ3) is 3.59. The van der Waals surface area contributed by atoms with Crippen LogP contribution in [0.25, 0.3) is 0 Å². The van der Waals surface area contributed by atoms with Gasteiger partial charge in [-0.05, 0) is 46.9 Å². The van der Waals surface area contributed by atoms with Crippen LogP contribution in [0.2, 0.25) is 0 Å². The Kier molecular flexibility index (Phi) is 5.12. The molecular weight excluding hydrogens is 414 g/mol. The van der Waals surface area contributed by atoms with Gasteiger partial charge in [0.05, 0.1) is 19.2 Å². The van der Waals surface area contributed by atoms with Crippen LogP contribution in [-0.2, 0) is 13.0 Å². The summed E-state index contributed by atoms with van der Waals surface area (Å²) in [6, 6.07) is 22.1. The van der Waals surface area contributed by atoms with Crippen LogP contribution >= 0.6 is 0 Å².